The Morgan fingerprint density at radius 1 is 0.375 bits per heavy atom. The van der Waals surface area contributed by atoms with Gasteiger partial charge in [-0.1, -0.05) is 158 Å². The molecular weight excluding hydrogens is 701 g/mol. The Balaban J connectivity index is 1.12. The summed E-state index contributed by atoms with van der Waals surface area (Å²) in [6.45, 7) is 0. The van der Waals surface area contributed by atoms with E-state index in [0.717, 1.165) is 87.7 Å². The van der Waals surface area contributed by atoms with E-state index in [4.69, 9.17) is 14.4 Å². The standard InChI is InChI=1S/C52H32N2OS/c1-4-14-33(15-5-1)39-31-42(48(35-16-6-2-7-17-35)43(32-39)38-28-29-46-44(30-38)40-20-10-12-22-45(40)55-46)34-24-26-37(27-25-34)52-53-49(36-18-8-3-9-19-36)51-50(54-52)41-21-11-13-23-47(41)56-51/h1-32H. The minimum absolute atomic E-state index is 0.717. The van der Waals surface area contributed by atoms with E-state index in [1.807, 2.05) is 18.2 Å². The highest BCUT2D eigenvalue weighted by Gasteiger charge is 2.20. The third-order valence-electron chi connectivity index (χ3n) is 10.7. The predicted molar refractivity (Wildman–Crippen MR) is 235 cm³/mol. The van der Waals surface area contributed by atoms with Gasteiger partial charge in [0.25, 0.3) is 0 Å². The van der Waals surface area contributed by atoms with Crippen LogP contribution in [0.4, 0.5) is 0 Å². The maximum absolute atomic E-state index is 6.25. The first-order valence-electron chi connectivity index (χ1n) is 18.8. The van der Waals surface area contributed by atoms with Gasteiger partial charge in [0.1, 0.15) is 11.2 Å². The predicted octanol–water partition coefficient (Wildman–Crippen LogP) is 14.7. The molecular formula is C52H32N2OS. The first-order chi connectivity index (χ1) is 27.7. The van der Waals surface area contributed by atoms with Gasteiger partial charge in [0.15, 0.2) is 5.82 Å². The SMILES string of the molecule is c1ccc(-c2cc(-c3ccc(-c4nc(-c5ccccc5)c5sc6ccccc6c5n4)cc3)c(-c3ccccc3)c(-c3ccc4oc5ccccc5c4c3)c2)cc1. The normalized spacial score (nSPS) is 11.6. The van der Waals surface area contributed by atoms with Crippen molar-refractivity contribution in [2.75, 3.05) is 0 Å². The van der Waals surface area contributed by atoms with Crippen molar-refractivity contribution in [1.29, 1.82) is 0 Å². The maximum atomic E-state index is 6.25. The van der Waals surface area contributed by atoms with Gasteiger partial charge >= 0.3 is 0 Å². The number of furan rings is 1. The minimum atomic E-state index is 0.717. The van der Waals surface area contributed by atoms with Gasteiger partial charge in [-0.15, -0.1) is 11.3 Å². The lowest BCUT2D eigenvalue weighted by atomic mass is 9.84. The highest BCUT2D eigenvalue weighted by atomic mass is 32.1. The Kier molecular flexibility index (Phi) is 7.68. The number of thiophene rings is 1. The molecule has 0 radical (unpaired) electrons. The van der Waals surface area contributed by atoms with Crippen molar-refractivity contribution < 1.29 is 4.42 Å². The van der Waals surface area contributed by atoms with Gasteiger partial charge in [-0.2, -0.15) is 0 Å². The number of rotatable bonds is 6. The average molecular weight is 733 g/mol. The second-order valence-corrected chi connectivity index (χ2v) is 15.2. The summed E-state index contributed by atoms with van der Waals surface area (Å²) < 4.78 is 8.58. The third kappa shape index (κ3) is 5.50. The number of benzene rings is 8. The quantitative estimate of drug-likeness (QED) is 0.171. The van der Waals surface area contributed by atoms with Gasteiger partial charge in [-0.05, 0) is 80.9 Å². The van der Waals surface area contributed by atoms with Crippen molar-refractivity contribution >= 4 is 53.6 Å². The summed E-state index contributed by atoms with van der Waals surface area (Å²) in [6, 6.07) is 68.7. The van der Waals surface area contributed by atoms with E-state index in [9.17, 15) is 0 Å². The molecule has 0 N–H and O–H groups in total. The van der Waals surface area contributed by atoms with Crippen LogP contribution in [0.1, 0.15) is 0 Å². The zero-order chi connectivity index (χ0) is 37.0. The van der Waals surface area contributed by atoms with E-state index < -0.39 is 0 Å². The van der Waals surface area contributed by atoms with Crippen LogP contribution in [-0.4, -0.2) is 9.97 Å². The number of hydrogen-bond acceptors (Lipinski definition) is 4. The zero-order valence-corrected chi connectivity index (χ0v) is 31.0. The molecule has 0 fully saturated rings. The van der Waals surface area contributed by atoms with Crippen LogP contribution in [-0.2, 0) is 0 Å². The van der Waals surface area contributed by atoms with Crippen LogP contribution in [0, 0.1) is 0 Å². The fourth-order valence-corrected chi connectivity index (χ4v) is 9.17. The van der Waals surface area contributed by atoms with Crippen LogP contribution < -0.4 is 0 Å². The average Bonchev–Trinajstić information content (AvgIpc) is 3.85. The summed E-state index contributed by atoms with van der Waals surface area (Å²) in [6.07, 6.45) is 0. The summed E-state index contributed by atoms with van der Waals surface area (Å²) in [5.74, 6) is 0.717. The molecule has 11 rings (SSSR count). The minimum Gasteiger partial charge on any atom is -0.456 e. The number of fused-ring (bicyclic) bond motifs is 6. The third-order valence-corrected chi connectivity index (χ3v) is 11.9. The lowest BCUT2D eigenvalue weighted by Crippen LogP contribution is -1.95. The molecule has 0 saturated heterocycles. The molecule has 0 aliphatic rings. The molecule has 0 saturated carbocycles. The van der Waals surface area contributed by atoms with Crippen LogP contribution >= 0.6 is 11.3 Å². The topological polar surface area (TPSA) is 38.9 Å². The van der Waals surface area contributed by atoms with Crippen molar-refractivity contribution in [3.63, 3.8) is 0 Å². The second-order valence-electron chi connectivity index (χ2n) is 14.1. The number of nitrogens with zero attached hydrogens (tertiary/aromatic N) is 2. The van der Waals surface area contributed by atoms with E-state index in [0.29, 0.717) is 5.82 Å². The van der Waals surface area contributed by atoms with E-state index in [2.05, 4.69) is 176 Å². The Morgan fingerprint density at radius 3 is 1.70 bits per heavy atom. The van der Waals surface area contributed by atoms with Gasteiger partial charge < -0.3 is 4.42 Å². The molecule has 262 valence electrons. The van der Waals surface area contributed by atoms with Crippen LogP contribution in [0.25, 0.3) is 109 Å². The maximum Gasteiger partial charge on any atom is 0.160 e. The molecule has 0 atom stereocenters. The van der Waals surface area contributed by atoms with Crippen LogP contribution in [0.2, 0.25) is 0 Å². The molecule has 56 heavy (non-hydrogen) atoms. The molecule has 11 aromatic rings. The zero-order valence-electron chi connectivity index (χ0n) is 30.2. The van der Waals surface area contributed by atoms with Gasteiger partial charge in [0, 0.05) is 32.0 Å². The monoisotopic (exact) mass is 732 g/mol. The van der Waals surface area contributed by atoms with E-state index in [-0.39, 0.29) is 0 Å². The molecule has 4 heteroatoms. The van der Waals surface area contributed by atoms with Gasteiger partial charge in [0.2, 0.25) is 0 Å². The Hall–Kier alpha value is -7.14. The molecule has 0 amide bonds. The Morgan fingerprint density at radius 2 is 0.946 bits per heavy atom. The van der Waals surface area contributed by atoms with Crippen molar-refractivity contribution in [2.45, 2.75) is 0 Å². The van der Waals surface area contributed by atoms with Crippen LogP contribution in [0.3, 0.4) is 0 Å². The fourth-order valence-electron chi connectivity index (χ4n) is 8.01. The van der Waals surface area contributed by atoms with Crippen molar-refractivity contribution in [3.05, 3.63) is 194 Å². The summed E-state index contributed by atoms with van der Waals surface area (Å²) in [7, 11) is 0. The molecule has 8 aromatic carbocycles. The summed E-state index contributed by atoms with van der Waals surface area (Å²) in [5.41, 5.74) is 15.0. The molecule has 3 heterocycles. The first kappa shape index (κ1) is 32.3. The number of hydrogen-bond donors (Lipinski definition) is 0. The fraction of sp³-hybridized carbons (Fsp3) is 0. The van der Waals surface area contributed by atoms with Gasteiger partial charge in [-0.25, -0.2) is 9.97 Å². The van der Waals surface area contributed by atoms with Gasteiger partial charge in [-0.3, -0.25) is 0 Å². The Bertz CT molecular complexity index is 3220. The molecule has 3 nitrogen and oxygen atoms in total. The van der Waals surface area contributed by atoms with Crippen molar-refractivity contribution in [1.82, 2.24) is 9.97 Å². The summed E-state index contributed by atoms with van der Waals surface area (Å²) in [4.78, 5) is 10.5. The van der Waals surface area contributed by atoms with E-state index in [1.54, 1.807) is 11.3 Å². The van der Waals surface area contributed by atoms with Crippen LogP contribution in [0.15, 0.2) is 199 Å². The molecule has 0 aliphatic heterocycles. The molecule has 0 bridgehead atoms. The van der Waals surface area contributed by atoms with Crippen LogP contribution in [0.5, 0.6) is 0 Å². The summed E-state index contributed by atoms with van der Waals surface area (Å²) in [5, 5.41) is 3.38. The number of aromatic nitrogens is 2. The van der Waals surface area contributed by atoms with Gasteiger partial charge in [0.05, 0.1) is 15.9 Å². The molecule has 3 aromatic heterocycles. The van der Waals surface area contributed by atoms with E-state index in [1.165, 1.54) is 15.8 Å². The smallest absolute Gasteiger partial charge is 0.160 e. The highest BCUT2D eigenvalue weighted by Crippen LogP contribution is 2.45. The van der Waals surface area contributed by atoms with Crippen molar-refractivity contribution in [3.8, 4) is 67.2 Å². The first-order valence-corrected chi connectivity index (χ1v) is 19.6. The highest BCUT2D eigenvalue weighted by molar-refractivity contribution is 7.26. The molecule has 0 aliphatic carbocycles. The molecule has 0 spiro atoms. The lowest BCUT2D eigenvalue weighted by Gasteiger charge is -2.19. The lowest BCUT2D eigenvalue weighted by molar-refractivity contribution is 0.669. The molecule has 0 unspecified atom stereocenters. The second kappa shape index (κ2) is 13.3. The summed E-state index contributed by atoms with van der Waals surface area (Å²) >= 11 is 1.76. The number of para-hydroxylation sites is 1. The van der Waals surface area contributed by atoms with Crippen molar-refractivity contribution in [2.24, 2.45) is 0 Å². The largest absolute Gasteiger partial charge is 0.456 e. The van der Waals surface area contributed by atoms with E-state index >= 15 is 0 Å². The Labute approximate surface area is 327 Å².